The molecule has 5 heteroatoms. The number of aromatic amines is 1. The van der Waals surface area contributed by atoms with Crippen LogP contribution in [0.2, 0.25) is 0 Å². The summed E-state index contributed by atoms with van der Waals surface area (Å²) in [7, 11) is 0. The smallest absolute Gasteiger partial charge is 0.191 e. The Kier molecular flexibility index (Phi) is 3.11. The second kappa shape index (κ2) is 4.91. The van der Waals surface area contributed by atoms with Crippen LogP contribution in [0.25, 0.3) is 10.9 Å². The Morgan fingerprint density at radius 1 is 1.47 bits per heavy atom. The van der Waals surface area contributed by atoms with Crippen LogP contribution in [0.5, 0.6) is 0 Å². The lowest BCUT2D eigenvalue weighted by Gasteiger charge is -2.08. The zero-order chi connectivity index (χ0) is 13.2. The van der Waals surface area contributed by atoms with Gasteiger partial charge in [-0.3, -0.25) is 4.99 Å². The van der Waals surface area contributed by atoms with Crippen molar-refractivity contribution in [1.82, 2.24) is 15.6 Å². The van der Waals surface area contributed by atoms with E-state index < -0.39 is 0 Å². The molecule has 0 aliphatic carbocycles. The third kappa shape index (κ3) is 2.54. The van der Waals surface area contributed by atoms with E-state index >= 15 is 0 Å². The molecule has 1 aromatic carbocycles. The molecule has 0 saturated heterocycles. The molecule has 0 fully saturated rings. The molecular weight excluding hydrogens is 243 g/mol. The van der Waals surface area contributed by atoms with Crippen LogP contribution >= 0.6 is 0 Å². The highest BCUT2D eigenvalue weighted by Gasteiger charge is 2.11. The SMILES string of the molecule is CC1CN=C(NCCc2c[nH]c3cc(F)ccc23)N1. The van der Waals surface area contributed by atoms with Gasteiger partial charge in [-0.2, -0.15) is 0 Å². The van der Waals surface area contributed by atoms with Gasteiger partial charge in [0.25, 0.3) is 0 Å². The summed E-state index contributed by atoms with van der Waals surface area (Å²) in [5.41, 5.74) is 2.04. The second-order valence-electron chi connectivity index (χ2n) is 4.92. The normalized spacial score (nSPS) is 18.4. The Balaban J connectivity index is 1.63. The number of halogens is 1. The van der Waals surface area contributed by atoms with Crippen molar-refractivity contribution in [2.24, 2.45) is 4.99 Å². The maximum atomic E-state index is 13.1. The summed E-state index contributed by atoms with van der Waals surface area (Å²) in [6.45, 7) is 3.74. The van der Waals surface area contributed by atoms with Crippen LogP contribution in [0.15, 0.2) is 29.4 Å². The van der Waals surface area contributed by atoms with Crippen molar-refractivity contribution < 1.29 is 4.39 Å². The molecule has 2 heterocycles. The standard InChI is InChI=1S/C14H17FN4/c1-9-7-18-14(19-9)16-5-4-10-8-17-13-6-11(15)2-3-12(10)13/h2-3,6,8-9,17H,4-5,7H2,1H3,(H2,16,18,19). The number of hydrogen-bond acceptors (Lipinski definition) is 3. The molecule has 0 bridgehead atoms. The molecule has 4 nitrogen and oxygen atoms in total. The highest BCUT2D eigenvalue weighted by Crippen LogP contribution is 2.19. The van der Waals surface area contributed by atoms with Gasteiger partial charge < -0.3 is 15.6 Å². The highest BCUT2D eigenvalue weighted by molar-refractivity contribution is 5.84. The van der Waals surface area contributed by atoms with E-state index in [0.717, 1.165) is 36.4 Å². The fraction of sp³-hybridized carbons (Fsp3) is 0.357. The molecule has 2 aromatic rings. The summed E-state index contributed by atoms with van der Waals surface area (Å²) in [6.07, 6.45) is 2.82. The molecular formula is C14H17FN4. The van der Waals surface area contributed by atoms with Crippen molar-refractivity contribution in [1.29, 1.82) is 0 Å². The largest absolute Gasteiger partial charge is 0.361 e. The van der Waals surface area contributed by atoms with Gasteiger partial charge in [-0.25, -0.2) is 4.39 Å². The van der Waals surface area contributed by atoms with Gasteiger partial charge >= 0.3 is 0 Å². The van der Waals surface area contributed by atoms with Crippen LogP contribution in [-0.4, -0.2) is 30.1 Å². The predicted octanol–water partition coefficient (Wildman–Crippen LogP) is 1.79. The maximum absolute atomic E-state index is 13.1. The summed E-state index contributed by atoms with van der Waals surface area (Å²) in [6, 6.07) is 5.26. The van der Waals surface area contributed by atoms with Crippen molar-refractivity contribution in [3.05, 3.63) is 35.8 Å². The van der Waals surface area contributed by atoms with Crippen LogP contribution in [0.3, 0.4) is 0 Å². The number of H-pyrrole nitrogens is 1. The molecule has 19 heavy (non-hydrogen) atoms. The van der Waals surface area contributed by atoms with Crippen LogP contribution in [0, 0.1) is 5.82 Å². The Labute approximate surface area is 111 Å². The zero-order valence-corrected chi connectivity index (χ0v) is 10.8. The van der Waals surface area contributed by atoms with E-state index in [1.807, 2.05) is 12.3 Å². The molecule has 0 spiro atoms. The Bertz CT molecular complexity index is 617. The maximum Gasteiger partial charge on any atom is 0.191 e. The summed E-state index contributed by atoms with van der Waals surface area (Å²) >= 11 is 0. The summed E-state index contributed by atoms with van der Waals surface area (Å²) < 4.78 is 13.1. The van der Waals surface area contributed by atoms with Gasteiger partial charge in [0.2, 0.25) is 0 Å². The minimum absolute atomic E-state index is 0.211. The molecule has 1 aliphatic rings. The number of rotatable bonds is 3. The molecule has 1 atom stereocenters. The number of aliphatic imine (C=N–C) groups is 1. The van der Waals surface area contributed by atoms with E-state index in [1.54, 1.807) is 0 Å². The van der Waals surface area contributed by atoms with Crippen LogP contribution in [0.4, 0.5) is 4.39 Å². The number of guanidine groups is 1. The Morgan fingerprint density at radius 3 is 3.16 bits per heavy atom. The Hall–Kier alpha value is -2.04. The molecule has 3 N–H and O–H groups in total. The van der Waals surface area contributed by atoms with Crippen molar-refractivity contribution in [3.63, 3.8) is 0 Å². The third-order valence-corrected chi connectivity index (χ3v) is 3.32. The predicted molar refractivity (Wildman–Crippen MR) is 74.9 cm³/mol. The number of benzene rings is 1. The van der Waals surface area contributed by atoms with E-state index in [-0.39, 0.29) is 5.82 Å². The van der Waals surface area contributed by atoms with Gasteiger partial charge in [0.05, 0.1) is 6.54 Å². The lowest BCUT2D eigenvalue weighted by molar-refractivity contribution is 0.629. The average molecular weight is 260 g/mol. The van der Waals surface area contributed by atoms with Gasteiger partial charge in [-0.15, -0.1) is 0 Å². The minimum atomic E-state index is -0.211. The lowest BCUT2D eigenvalue weighted by atomic mass is 10.1. The first-order valence-electron chi connectivity index (χ1n) is 6.53. The van der Waals surface area contributed by atoms with E-state index in [2.05, 4.69) is 27.5 Å². The van der Waals surface area contributed by atoms with E-state index in [4.69, 9.17) is 0 Å². The fourth-order valence-electron chi connectivity index (χ4n) is 2.34. The quantitative estimate of drug-likeness (QED) is 0.788. The fourth-order valence-corrected chi connectivity index (χ4v) is 2.34. The van der Waals surface area contributed by atoms with Gasteiger partial charge in [0.1, 0.15) is 5.82 Å². The van der Waals surface area contributed by atoms with Gasteiger partial charge in [0.15, 0.2) is 5.96 Å². The van der Waals surface area contributed by atoms with Gasteiger partial charge in [-0.05, 0) is 37.1 Å². The van der Waals surface area contributed by atoms with E-state index in [1.165, 1.54) is 17.7 Å². The van der Waals surface area contributed by atoms with Crippen molar-refractivity contribution >= 4 is 16.9 Å². The molecule has 0 radical (unpaired) electrons. The van der Waals surface area contributed by atoms with Gasteiger partial charge in [-0.1, -0.05) is 0 Å². The van der Waals surface area contributed by atoms with Crippen molar-refractivity contribution in [2.75, 3.05) is 13.1 Å². The highest BCUT2D eigenvalue weighted by atomic mass is 19.1. The monoisotopic (exact) mass is 260 g/mol. The molecule has 1 unspecified atom stereocenters. The molecule has 1 aliphatic heterocycles. The molecule has 100 valence electrons. The number of nitrogens with zero attached hydrogens (tertiary/aromatic N) is 1. The second-order valence-corrected chi connectivity index (χ2v) is 4.92. The number of nitrogens with one attached hydrogen (secondary N) is 3. The lowest BCUT2D eigenvalue weighted by Crippen LogP contribution is -2.38. The summed E-state index contributed by atoms with van der Waals surface area (Å²) in [4.78, 5) is 7.45. The molecule has 3 rings (SSSR count). The van der Waals surface area contributed by atoms with Crippen LogP contribution in [0.1, 0.15) is 12.5 Å². The van der Waals surface area contributed by atoms with E-state index in [9.17, 15) is 4.39 Å². The van der Waals surface area contributed by atoms with Crippen LogP contribution in [-0.2, 0) is 6.42 Å². The minimum Gasteiger partial charge on any atom is -0.361 e. The topological polar surface area (TPSA) is 52.2 Å². The van der Waals surface area contributed by atoms with E-state index in [0.29, 0.717) is 6.04 Å². The summed E-state index contributed by atoms with van der Waals surface area (Å²) in [5.74, 6) is 0.663. The number of hydrogen-bond donors (Lipinski definition) is 3. The molecule has 1 aromatic heterocycles. The molecule has 0 saturated carbocycles. The van der Waals surface area contributed by atoms with Crippen molar-refractivity contribution in [2.45, 2.75) is 19.4 Å². The first kappa shape index (κ1) is 12.0. The van der Waals surface area contributed by atoms with Crippen molar-refractivity contribution in [3.8, 4) is 0 Å². The van der Waals surface area contributed by atoms with Gasteiger partial charge in [0, 0.05) is 29.7 Å². The first-order chi connectivity index (χ1) is 9.22. The average Bonchev–Trinajstić information content (AvgIpc) is 2.96. The zero-order valence-electron chi connectivity index (χ0n) is 10.8. The first-order valence-corrected chi connectivity index (χ1v) is 6.53. The molecule has 0 amide bonds. The Morgan fingerprint density at radius 2 is 2.37 bits per heavy atom. The third-order valence-electron chi connectivity index (χ3n) is 3.32. The van der Waals surface area contributed by atoms with Crippen LogP contribution < -0.4 is 10.6 Å². The number of fused-ring (bicyclic) bond motifs is 1. The number of aromatic nitrogens is 1. The summed E-state index contributed by atoms with van der Waals surface area (Å²) in [5, 5.41) is 7.62.